The van der Waals surface area contributed by atoms with Gasteiger partial charge in [-0.05, 0) is 30.7 Å². The number of ketones is 1. The molecule has 0 fully saturated rings. The van der Waals surface area contributed by atoms with E-state index in [4.69, 9.17) is 4.74 Å². The van der Waals surface area contributed by atoms with Gasteiger partial charge in [0.1, 0.15) is 11.8 Å². The maximum absolute atomic E-state index is 11.6. The second kappa shape index (κ2) is 4.87. The van der Waals surface area contributed by atoms with Crippen molar-refractivity contribution in [1.29, 1.82) is 0 Å². The van der Waals surface area contributed by atoms with Gasteiger partial charge < -0.3 is 10.1 Å². The number of rotatable bonds is 3. The number of benzene rings is 1. The average molecular weight is 229 g/mol. The van der Waals surface area contributed by atoms with E-state index in [0.29, 0.717) is 0 Å². The number of hydrogen-bond acceptors (Lipinski definition) is 3. The summed E-state index contributed by atoms with van der Waals surface area (Å²) in [4.78, 5) is 11.6. The average Bonchev–Trinajstić information content (AvgIpc) is 2.34. The van der Waals surface area contributed by atoms with Crippen LogP contribution in [0.2, 0.25) is 0 Å². The van der Waals surface area contributed by atoms with Gasteiger partial charge in [-0.1, -0.05) is 24.3 Å². The molecule has 1 aliphatic carbocycles. The van der Waals surface area contributed by atoms with E-state index in [9.17, 15) is 4.79 Å². The molecule has 0 radical (unpaired) electrons. The van der Waals surface area contributed by atoms with Crippen LogP contribution in [0.15, 0.2) is 42.5 Å². The van der Waals surface area contributed by atoms with E-state index in [1.54, 1.807) is 19.3 Å². The number of carbonyl (C=O) groups excluding carboxylic acids is 1. The molecule has 0 saturated heterocycles. The fourth-order valence-electron chi connectivity index (χ4n) is 1.73. The maximum atomic E-state index is 11.6. The van der Waals surface area contributed by atoms with Crippen molar-refractivity contribution in [2.45, 2.75) is 13.0 Å². The Labute approximate surface area is 101 Å². The summed E-state index contributed by atoms with van der Waals surface area (Å²) in [6.07, 6.45) is 7.01. The predicted molar refractivity (Wildman–Crippen MR) is 68.4 cm³/mol. The molecule has 0 amide bonds. The van der Waals surface area contributed by atoms with E-state index >= 15 is 0 Å². The zero-order valence-corrected chi connectivity index (χ0v) is 9.94. The Morgan fingerprint density at radius 2 is 2.12 bits per heavy atom. The van der Waals surface area contributed by atoms with Crippen LogP contribution in [0.25, 0.3) is 0 Å². The Bertz CT molecular complexity index is 489. The Morgan fingerprint density at radius 3 is 2.82 bits per heavy atom. The Kier molecular flexibility index (Phi) is 3.28. The second-order valence-electron chi connectivity index (χ2n) is 3.97. The Morgan fingerprint density at radius 1 is 1.29 bits per heavy atom. The van der Waals surface area contributed by atoms with E-state index in [0.717, 1.165) is 17.0 Å². The molecule has 1 atom stereocenters. The molecule has 0 bridgehead atoms. The van der Waals surface area contributed by atoms with Gasteiger partial charge in [0.05, 0.1) is 12.8 Å². The molecule has 1 unspecified atom stereocenters. The molecule has 0 saturated carbocycles. The minimum atomic E-state index is -0.309. The van der Waals surface area contributed by atoms with Gasteiger partial charge in [0.2, 0.25) is 0 Å². The van der Waals surface area contributed by atoms with Gasteiger partial charge in [0.15, 0.2) is 5.78 Å². The van der Waals surface area contributed by atoms with E-state index in [2.05, 4.69) is 5.32 Å². The molecule has 3 nitrogen and oxygen atoms in total. The highest BCUT2D eigenvalue weighted by Crippen LogP contribution is 2.26. The third-order valence-electron chi connectivity index (χ3n) is 2.65. The van der Waals surface area contributed by atoms with Crippen molar-refractivity contribution in [2.24, 2.45) is 0 Å². The molecule has 0 aromatic heterocycles. The molecular weight excluding hydrogens is 214 g/mol. The highest BCUT2D eigenvalue weighted by molar-refractivity contribution is 5.99. The molecule has 17 heavy (non-hydrogen) atoms. The minimum absolute atomic E-state index is 0.0510. The smallest absolute Gasteiger partial charge is 0.181 e. The molecule has 1 aliphatic rings. The van der Waals surface area contributed by atoms with Crippen LogP contribution in [0.4, 0.5) is 5.69 Å². The molecule has 1 aromatic carbocycles. The van der Waals surface area contributed by atoms with Gasteiger partial charge >= 0.3 is 0 Å². The highest BCUT2D eigenvalue weighted by Gasteiger charge is 2.15. The zero-order chi connectivity index (χ0) is 12.3. The number of nitrogens with one attached hydrogen (secondary N) is 1. The van der Waals surface area contributed by atoms with Crippen LogP contribution in [-0.2, 0) is 4.79 Å². The number of aryl methyl sites for hydroxylation is 1. The first-order valence-electron chi connectivity index (χ1n) is 5.50. The highest BCUT2D eigenvalue weighted by atomic mass is 16.5. The topological polar surface area (TPSA) is 38.3 Å². The Balaban J connectivity index is 2.21. The maximum Gasteiger partial charge on any atom is 0.181 e. The second-order valence-corrected chi connectivity index (χ2v) is 3.97. The van der Waals surface area contributed by atoms with E-state index in [-0.39, 0.29) is 11.8 Å². The summed E-state index contributed by atoms with van der Waals surface area (Å²) in [5.41, 5.74) is 1.95. The molecule has 2 rings (SSSR count). The standard InChI is InChI=1S/C14H15NO2/c1-10-7-8-12(14(9-10)17-2)15-11-5-3-4-6-13(11)16/h3-9,11,15H,1-2H3. The summed E-state index contributed by atoms with van der Waals surface area (Å²) in [6.45, 7) is 2.00. The summed E-state index contributed by atoms with van der Waals surface area (Å²) in [5.74, 6) is 0.802. The van der Waals surface area contributed by atoms with Crippen molar-refractivity contribution >= 4 is 11.5 Å². The number of hydrogen-bond donors (Lipinski definition) is 1. The van der Waals surface area contributed by atoms with Crippen molar-refractivity contribution in [3.05, 3.63) is 48.1 Å². The van der Waals surface area contributed by atoms with Crippen molar-refractivity contribution in [3.63, 3.8) is 0 Å². The van der Waals surface area contributed by atoms with Crippen LogP contribution >= 0.6 is 0 Å². The van der Waals surface area contributed by atoms with Crippen LogP contribution in [0.3, 0.4) is 0 Å². The van der Waals surface area contributed by atoms with Gasteiger partial charge in [-0.3, -0.25) is 4.79 Å². The van der Waals surface area contributed by atoms with Crippen molar-refractivity contribution in [3.8, 4) is 5.75 Å². The van der Waals surface area contributed by atoms with Gasteiger partial charge in [0.25, 0.3) is 0 Å². The molecule has 88 valence electrons. The van der Waals surface area contributed by atoms with Crippen molar-refractivity contribution < 1.29 is 9.53 Å². The zero-order valence-electron chi connectivity index (χ0n) is 9.94. The lowest BCUT2D eigenvalue weighted by Gasteiger charge is -2.17. The minimum Gasteiger partial charge on any atom is -0.495 e. The largest absolute Gasteiger partial charge is 0.495 e. The van der Waals surface area contributed by atoms with E-state index < -0.39 is 0 Å². The number of ether oxygens (including phenoxy) is 1. The van der Waals surface area contributed by atoms with Crippen LogP contribution < -0.4 is 10.1 Å². The quantitative estimate of drug-likeness (QED) is 0.865. The number of allylic oxidation sites excluding steroid dienone is 2. The summed E-state index contributed by atoms with van der Waals surface area (Å²) in [7, 11) is 1.62. The van der Waals surface area contributed by atoms with Gasteiger partial charge in [-0.15, -0.1) is 0 Å². The fraction of sp³-hybridized carbons (Fsp3) is 0.214. The first-order valence-corrected chi connectivity index (χ1v) is 5.50. The van der Waals surface area contributed by atoms with Crippen molar-refractivity contribution in [1.82, 2.24) is 0 Å². The van der Waals surface area contributed by atoms with Crippen molar-refractivity contribution in [2.75, 3.05) is 12.4 Å². The molecule has 0 spiro atoms. The van der Waals surface area contributed by atoms with Crippen LogP contribution in [0.1, 0.15) is 5.56 Å². The number of carbonyl (C=O) groups is 1. The van der Waals surface area contributed by atoms with Crippen LogP contribution in [-0.4, -0.2) is 18.9 Å². The summed E-state index contributed by atoms with van der Waals surface area (Å²) >= 11 is 0. The molecule has 1 aromatic rings. The normalized spacial score (nSPS) is 18.2. The third kappa shape index (κ3) is 2.56. The molecule has 1 N–H and O–H groups in total. The van der Waals surface area contributed by atoms with E-state index in [1.165, 1.54) is 0 Å². The predicted octanol–water partition coefficient (Wildman–Crippen LogP) is 2.48. The molecular formula is C14H15NO2. The van der Waals surface area contributed by atoms with E-state index in [1.807, 2.05) is 37.3 Å². The fourth-order valence-corrected chi connectivity index (χ4v) is 1.73. The lowest BCUT2D eigenvalue weighted by molar-refractivity contribution is -0.114. The summed E-state index contributed by atoms with van der Waals surface area (Å²) in [6, 6.07) is 5.54. The van der Waals surface area contributed by atoms with Crippen LogP contribution in [0.5, 0.6) is 5.75 Å². The lowest BCUT2D eigenvalue weighted by Crippen LogP contribution is -2.27. The lowest BCUT2D eigenvalue weighted by atomic mass is 10.1. The third-order valence-corrected chi connectivity index (χ3v) is 2.65. The van der Waals surface area contributed by atoms with Crippen LogP contribution in [0, 0.1) is 6.92 Å². The monoisotopic (exact) mass is 229 g/mol. The first kappa shape index (κ1) is 11.5. The SMILES string of the molecule is COc1cc(C)ccc1NC1C=CC=CC1=O. The first-order chi connectivity index (χ1) is 8.20. The molecule has 3 heteroatoms. The van der Waals surface area contributed by atoms with Gasteiger partial charge in [0, 0.05) is 0 Å². The Hall–Kier alpha value is -2.03. The number of methoxy groups -OCH3 is 1. The number of anilines is 1. The van der Waals surface area contributed by atoms with Gasteiger partial charge in [-0.2, -0.15) is 0 Å². The molecule has 0 aliphatic heterocycles. The summed E-state index contributed by atoms with van der Waals surface area (Å²) < 4.78 is 5.29. The summed E-state index contributed by atoms with van der Waals surface area (Å²) in [5, 5.41) is 3.16. The van der Waals surface area contributed by atoms with Gasteiger partial charge in [-0.25, -0.2) is 0 Å². The molecule has 0 heterocycles.